The van der Waals surface area contributed by atoms with Crippen LogP contribution in [0, 0.1) is 5.92 Å². The van der Waals surface area contributed by atoms with Gasteiger partial charge in [0.15, 0.2) is 0 Å². The van der Waals surface area contributed by atoms with Gasteiger partial charge in [-0.2, -0.15) is 0 Å². The number of aliphatic hydroxyl groups is 1. The normalized spacial score (nSPS) is 19.2. The first-order chi connectivity index (χ1) is 6.01. The van der Waals surface area contributed by atoms with Crippen molar-refractivity contribution in [2.75, 3.05) is 26.2 Å². The molecule has 3 nitrogen and oxygen atoms in total. The summed E-state index contributed by atoms with van der Waals surface area (Å²) in [5, 5.41) is 8.97. The van der Waals surface area contributed by atoms with Crippen molar-refractivity contribution in [1.29, 1.82) is 0 Å². The number of piperidine rings is 1. The topological polar surface area (TPSA) is 49.5 Å². The molecule has 3 N–H and O–H groups in total. The molecule has 1 aliphatic rings. The Morgan fingerprint density at radius 2 is 1.73 bits per heavy atom. The van der Waals surface area contributed by atoms with E-state index in [1.165, 1.54) is 0 Å². The van der Waals surface area contributed by atoms with Crippen molar-refractivity contribution in [3.05, 3.63) is 0 Å². The molecule has 15 heavy (non-hydrogen) atoms. The third-order valence-electron chi connectivity index (χ3n) is 2.60. The Labute approximate surface area is 105 Å². The van der Waals surface area contributed by atoms with Crippen LogP contribution in [0.4, 0.5) is 0 Å². The van der Waals surface area contributed by atoms with Crippen molar-refractivity contribution in [1.82, 2.24) is 4.90 Å². The molecule has 0 bridgehead atoms. The van der Waals surface area contributed by atoms with Gasteiger partial charge in [0.25, 0.3) is 0 Å². The number of hydrogen-bond acceptors (Lipinski definition) is 3. The van der Waals surface area contributed by atoms with E-state index < -0.39 is 0 Å². The minimum absolute atomic E-state index is 0. The van der Waals surface area contributed by atoms with Crippen LogP contribution in [0.25, 0.3) is 0 Å². The Morgan fingerprint density at radius 3 is 2.07 bits per heavy atom. The van der Waals surface area contributed by atoms with Crippen LogP contribution in [0.15, 0.2) is 0 Å². The summed E-state index contributed by atoms with van der Waals surface area (Å²) >= 11 is 0. The summed E-state index contributed by atoms with van der Waals surface area (Å²) in [7, 11) is 0. The van der Waals surface area contributed by atoms with E-state index in [2.05, 4.69) is 18.7 Å². The Bertz CT molecular complexity index is 154. The van der Waals surface area contributed by atoms with Gasteiger partial charge in [-0.3, -0.25) is 0 Å². The monoisotopic (exact) mass is 258 g/mol. The summed E-state index contributed by atoms with van der Waals surface area (Å²) in [5.41, 5.74) is 5.85. The molecule has 1 fully saturated rings. The van der Waals surface area contributed by atoms with Gasteiger partial charge in [-0.05, 0) is 45.7 Å². The molecule has 0 saturated carbocycles. The number of rotatable bonds is 3. The van der Waals surface area contributed by atoms with Gasteiger partial charge in [0.2, 0.25) is 0 Å². The van der Waals surface area contributed by atoms with Gasteiger partial charge in [0.05, 0.1) is 0 Å². The molecule has 1 heterocycles. The minimum Gasteiger partial charge on any atom is -0.396 e. The summed E-state index contributed by atoms with van der Waals surface area (Å²) in [6, 6.07) is 0. The SMILES string of the molecule is CC(C)(N)CN1CCC(CO)CC1.Cl.Cl. The van der Waals surface area contributed by atoms with Gasteiger partial charge in [-0.25, -0.2) is 0 Å². The summed E-state index contributed by atoms with van der Waals surface area (Å²) in [6.07, 6.45) is 2.24. The third kappa shape index (κ3) is 7.36. The van der Waals surface area contributed by atoms with Crippen molar-refractivity contribution in [2.45, 2.75) is 32.2 Å². The second kappa shape index (κ2) is 7.69. The molecule has 0 unspecified atom stereocenters. The third-order valence-corrected chi connectivity index (χ3v) is 2.60. The standard InChI is InChI=1S/C10H22N2O.2ClH/c1-10(2,11)8-12-5-3-9(7-13)4-6-12;;/h9,13H,3-8,11H2,1-2H3;2*1H. The number of nitrogens with two attached hydrogens (primary N) is 1. The lowest BCUT2D eigenvalue weighted by molar-refractivity contribution is 0.118. The van der Waals surface area contributed by atoms with E-state index in [4.69, 9.17) is 10.8 Å². The summed E-state index contributed by atoms with van der Waals surface area (Å²) < 4.78 is 0. The van der Waals surface area contributed by atoms with Gasteiger partial charge in [0, 0.05) is 18.7 Å². The van der Waals surface area contributed by atoms with Gasteiger partial charge < -0.3 is 15.7 Å². The quantitative estimate of drug-likeness (QED) is 0.802. The lowest BCUT2D eigenvalue weighted by atomic mass is 9.96. The zero-order chi connectivity index (χ0) is 9.90. The molecule has 0 aromatic rings. The smallest absolute Gasteiger partial charge is 0.0460 e. The van der Waals surface area contributed by atoms with E-state index in [-0.39, 0.29) is 30.4 Å². The van der Waals surface area contributed by atoms with Crippen LogP contribution in [0.3, 0.4) is 0 Å². The second-order valence-corrected chi connectivity index (χ2v) is 4.89. The highest BCUT2D eigenvalue weighted by Crippen LogP contribution is 2.17. The fraction of sp³-hybridized carbons (Fsp3) is 1.00. The maximum Gasteiger partial charge on any atom is 0.0460 e. The van der Waals surface area contributed by atoms with Crippen molar-refractivity contribution in [3.8, 4) is 0 Å². The van der Waals surface area contributed by atoms with Gasteiger partial charge in [-0.15, -0.1) is 24.8 Å². The first-order valence-corrected chi connectivity index (χ1v) is 5.13. The number of halogens is 2. The molecule has 0 aromatic heterocycles. The van der Waals surface area contributed by atoms with Crippen molar-refractivity contribution in [2.24, 2.45) is 11.7 Å². The lowest BCUT2D eigenvalue weighted by Crippen LogP contribution is -2.48. The summed E-state index contributed by atoms with van der Waals surface area (Å²) in [5.74, 6) is 0.525. The zero-order valence-electron chi connectivity index (χ0n) is 9.61. The molecular weight excluding hydrogens is 235 g/mol. The lowest BCUT2D eigenvalue weighted by Gasteiger charge is -2.35. The molecule has 0 radical (unpaired) electrons. The second-order valence-electron chi connectivity index (χ2n) is 4.89. The van der Waals surface area contributed by atoms with Crippen LogP contribution in [0.5, 0.6) is 0 Å². The molecule has 0 amide bonds. The average Bonchev–Trinajstić information content (AvgIpc) is 2.03. The van der Waals surface area contributed by atoms with E-state index in [0.29, 0.717) is 12.5 Å². The van der Waals surface area contributed by atoms with Crippen LogP contribution in [-0.4, -0.2) is 41.8 Å². The van der Waals surface area contributed by atoms with Crippen LogP contribution in [0.1, 0.15) is 26.7 Å². The van der Waals surface area contributed by atoms with E-state index in [9.17, 15) is 0 Å². The highest BCUT2D eigenvalue weighted by molar-refractivity contribution is 5.85. The maximum atomic E-state index is 8.97. The van der Waals surface area contributed by atoms with Crippen LogP contribution in [0.2, 0.25) is 0 Å². The fourth-order valence-electron chi connectivity index (χ4n) is 1.90. The van der Waals surface area contributed by atoms with E-state index in [1.807, 2.05) is 0 Å². The largest absolute Gasteiger partial charge is 0.396 e. The molecule has 0 aliphatic carbocycles. The predicted octanol–water partition coefficient (Wildman–Crippen LogP) is 1.27. The highest BCUT2D eigenvalue weighted by Gasteiger charge is 2.22. The predicted molar refractivity (Wildman–Crippen MR) is 69.0 cm³/mol. The number of hydrogen-bond donors (Lipinski definition) is 2. The Hall–Kier alpha value is 0.460. The van der Waals surface area contributed by atoms with Crippen molar-refractivity contribution in [3.63, 3.8) is 0 Å². The van der Waals surface area contributed by atoms with E-state index in [1.54, 1.807) is 0 Å². The van der Waals surface area contributed by atoms with Crippen LogP contribution in [-0.2, 0) is 0 Å². The molecular formula is C10H24Cl2N2O. The molecule has 5 heteroatoms. The van der Waals surface area contributed by atoms with Gasteiger partial charge >= 0.3 is 0 Å². The Balaban J connectivity index is 0. The zero-order valence-corrected chi connectivity index (χ0v) is 11.2. The van der Waals surface area contributed by atoms with Crippen molar-refractivity contribution >= 4 is 24.8 Å². The molecule has 0 spiro atoms. The summed E-state index contributed by atoms with van der Waals surface area (Å²) in [4.78, 5) is 2.40. The molecule has 0 aromatic carbocycles. The van der Waals surface area contributed by atoms with Gasteiger partial charge in [0.1, 0.15) is 0 Å². The number of likely N-dealkylation sites (tertiary alicyclic amines) is 1. The Morgan fingerprint density at radius 1 is 1.27 bits per heavy atom. The molecule has 0 atom stereocenters. The number of aliphatic hydroxyl groups excluding tert-OH is 1. The van der Waals surface area contributed by atoms with Crippen LogP contribution < -0.4 is 5.73 Å². The first-order valence-electron chi connectivity index (χ1n) is 5.13. The first kappa shape index (κ1) is 17.8. The summed E-state index contributed by atoms with van der Waals surface area (Å²) in [6.45, 7) is 7.61. The Kier molecular flexibility index (Phi) is 9.14. The minimum atomic E-state index is -0.0912. The number of nitrogens with zero attached hydrogens (tertiary/aromatic N) is 1. The van der Waals surface area contributed by atoms with Gasteiger partial charge in [-0.1, -0.05) is 0 Å². The molecule has 1 aliphatic heterocycles. The molecule has 1 rings (SSSR count). The average molecular weight is 259 g/mol. The van der Waals surface area contributed by atoms with E-state index >= 15 is 0 Å². The maximum absolute atomic E-state index is 8.97. The van der Waals surface area contributed by atoms with Crippen LogP contribution >= 0.6 is 24.8 Å². The van der Waals surface area contributed by atoms with Crippen molar-refractivity contribution < 1.29 is 5.11 Å². The highest BCUT2D eigenvalue weighted by atomic mass is 35.5. The van der Waals surface area contributed by atoms with E-state index in [0.717, 1.165) is 32.5 Å². The molecule has 1 saturated heterocycles. The fourth-order valence-corrected chi connectivity index (χ4v) is 1.90. The molecule has 94 valence electrons.